The zero-order valence-corrected chi connectivity index (χ0v) is 22.8. The van der Waals surface area contributed by atoms with Gasteiger partial charge in [-0.25, -0.2) is 0 Å². The Morgan fingerprint density at radius 2 is 1.60 bits per heavy atom. The van der Waals surface area contributed by atoms with E-state index in [0.29, 0.717) is 29.7 Å². The van der Waals surface area contributed by atoms with Crippen LogP contribution >= 0.6 is 34.2 Å². The van der Waals surface area contributed by atoms with E-state index in [-0.39, 0.29) is 25.0 Å². The topological polar surface area (TPSA) is 58.6 Å². The van der Waals surface area contributed by atoms with Crippen LogP contribution in [0.25, 0.3) is 0 Å². The minimum atomic E-state index is -0.695. The second-order valence-electron chi connectivity index (χ2n) is 8.74. The fourth-order valence-corrected chi connectivity index (χ4v) is 4.01. The van der Waals surface area contributed by atoms with Crippen LogP contribution in [-0.4, -0.2) is 35.9 Å². The van der Waals surface area contributed by atoms with Gasteiger partial charge in [0.15, 0.2) is 6.61 Å². The summed E-state index contributed by atoms with van der Waals surface area (Å²) >= 11 is 8.28. The Kier molecular flexibility index (Phi) is 10.4. The number of halogens is 2. The Morgan fingerprint density at radius 1 is 0.943 bits per heavy atom. The maximum absolute atomic E-state index is 13.5. The van der Waals surface area contributed by atoms with E-state index in [4.69, 9.17) is 16.3 Å². The quantitative estimate of drug-likeness (QED) is 0.284. The normalized spacial score (nSPS) is 11.7. The summed E-state index contributed by atoms with van der Waals surface area (Å²) < 4.78 is 6.87. The van der Waals surface area contributed by atoms with Crippen LogP contribution in [0, 0.1) is 9.49 Å². The minimum absolute atomic E-state index is 0.170. The van der Waals surface area contributed by atoms with E-state index < -0.39 is 6.04 Å². The van der Waals surface area contributed by atoms with Gasteiger partial charge >= 0.3 is 0 Å². The Bertz CT molecular complexity index is 1090. The first kappa shape index (κ1) is 27.0. The smallest absolute Gasteiger partial charge is 0.261 e. The molecule has 35 heavy (non-hydrogen) atoms. The van der Waals surface area contributed by atoms with Crippen LogP contribution in [-0.2, 0) is 22.6 Å². The molecule has 3 aromatic carbocycles. The first-order valence-electron chi connectivity index (χ1n) is 11.6. The van der Waals surface area contributed by atoms with E-state index in [9.17, 15) is 9.59 Å². The Hall–Kier alpha value is -2.58. The van der Waals surface area contributed by atoms with E-state index in [2.05, 4.69) is 27.9 Å². The van der Waals surface area contributed by atoms with Crippen LogP contribution in [0.4, 0.5) is 0 Å². The number of ether oxygens (including phenoxy) is 1. The molecule has 0 aliphatic carbocycles. The largest absolute Gasteiger partial charge is 0.484 e. The lowest BCUT2D eigenvalue weighted by molar-refractivity contribution is -0.142. The number of carbonyl (C=O) groups excluding carboxylic acids is 2. The zero-order valence-electron chi connectivity index (χ0n) is 19.9. The number of amides is 2. The van der Waals surface area contributed by atoms with Crippen LogP contribution in [0.1, 0.15) is 25.0 Å². The van der Waals surface area contributed by atoms with E-state index in [1.807, 2.05) is 80.6 Å². The Morgan fingerprint density at radius 3 is 2.23 bits per heavy atom. The molecule has 0 saturated heterocycles. The van der Waals surface area contributed by atoms with Crippen molar-refractivity contribution in [3.8, 4) is 5.75 Å². The highest BCUT2D eigenvalue weighted by Gasteiger charge is 2.30. The lowest BCUT2D eigenvalue weighted by Crippen LogP contribution is -2.52. The number of rotatable bonds is 11. The molecule has 0 heterocycles. The van der Waals surface area contributed by atoms with Crippen molar-refractivity contribution in [3.63, 3.8) is 0 Å². The Labute approximate surface area is 226 Å². The summed E-state index contributed by atoms with van der Waals surface area (Å²) in [6.07, 6.45) is 0.396. The van der Waals surface area contributed by atoms with Crippen LogP contribution in [0.5, 0.6) is 5.75 Å². The zero-order chi connectivity index (χ0) is 25.2. The third-order valence-electron chi connectivity index (χ3n) is 5.40. The van der Waals surface area contributed by atoms with Crippen molar-refractivity contribution < 1.29 is 14.3 Å². The molecule has 3 aromatic rings. The molecule has 1 N–H and O–H groups in total. The SMILES string of the molecule is CC(C)CNC(=O)C(Cc1ccccc1)N(Cc1ccc(Cl)cc1)C(=O)COc1ccc(I)cc1. The van der Waals surface area contributed by atoms with Gasteiger partial charge in [-0.2, -0.15) is 0 Å². The standard InChI is InChI=1S/C28H30ClIN2O3/c1-20(2)17-31-28(34)26(16-21-6-4-3-5-7-21)32(18-22-8-10-23(29)11-9-22)27(33)19-35-25-14-12-24(30)13-15-25/h3-15,20,26H,16-19H2,1-2H3,(H,31,34). The number of benzene rings is 3. The van der Waals surface area contributed by atoms with Gasteiger partial charge in [-0.3, -0.25) is 9.59 Å². The molecule has 5 nitrogen and oxygen atoms in total. The molecule has 0 bridgehead atoms. The summed E-state index contributed by atoms with van der Waals surface area (Å²) in [6, 6.07) is 23.8. The van der Waals surface area contributed by atoms with Gasteiger partial charge < -0.3 is 15.0 Å². The summed E-state index contributed by atoms with van der Waals surface area (Å²) in [7, 11) is 0. The first-order valence-corrected chi connectivity index (χ1v) is 13.0. The number of hydrogen-bond acceptors (Lipinski definition) is 3. The number of hydrogen-bond donors (Lipinski definition) is 1. The van der Waals surface area contributed by atoms with Crippen LogP contribution < -0.4 is 10.1 Å². The van der Waals surface area contributed by atoms with Crippen molar-refractivity contribution in [1.29, 1.82) is 0 Å². The third kappa shape index (κ3) is 8.85. The first-order chi connectivity index (χ1) is 16.8. The van der Waals surface area contributed by atoms with Gasteiger partial charge in [-0.15, -0.1) is 0 Å². The highest BCUT2D eigenvalue weighted by molar-refractivity contribution is 14.1. The van der Waals surface area contributed by atoms with Gasteiger partial charge in [0.1, 0.15) is 11.8 Å². The monoisotopic (exact) mass is 604 g/mol. The third-order valence-corrected chi connectivity index (χ3v) is 6.37. The molecule has 0 aliphatic heterocycles. The average molecular weight is 605 g/mol. The molecule has 0 fully saturated rings. The maximum atomic E-state index is 13.5. The van der Waals surface area contributed by atoms with Crippen molar-refractivity contribution in [3.05, 3.63) is 98.6 Å². The average Bonchev–Trinajstić information content (AvgIpc) is 2.86. The van der Waals surface area contributed by atoms with Gasteiger partial charge in [0.2, 0.25) is 5.91 Å². The molecule has 0 saturated carbocycles. The molecule has 0 spiro atoms. The van der Waals surface area contributed by atoms with Crippen LogP contribution in [0.15, 0.2) is 78.9 Å². The van der Waals surface area contributed by atoms with E-state index in [1.54, 1.807) is 17.0 Å². The second kappa shape index (κ2) is 13.5. The summed E-state index contributed by atoms with van der Waals surface area (Å²) in [5.41, 5.74) is 1.86. The number of nitrogens with zero attached hydrogens (tertiary/aromatic N) is 1. The fraction of sp³-hybridized carbons (Fsp3) is 0.286. The summed E-state index contributed by atoms with van der Waals surface area (Å²) in [6.45, 7) is 4.71. The predicted molar refractivity (Wildman–Crippen MR) is 148 cm³/mol. The number of nitrogens with one attached hydrogen (secondary N) is 1. The minimum Gasteiger partial charge on any atom is -0.484 e. The molecule has 7 heteroatoms. The molecule has 0 radical (unpaired) electrons. The van der Waals surface area contributed by atoms with Crippen LogP contribution in [0.3, 0.4) is 0 Å². The molecule has 3 rings (SSSR count). The molecule has 1 unspecified atom stereocenters. The molecule has 0 aliphatic rings. The number of carbonyl (C=O) groups is 2. The van der Waals surface area contributed by atoms with E-state index in [0.717, 1.165) is 14.7 Å². The van der Waals surface area contributed by atoms with Gasteiger partial charge in [-0.1, -0.05) is 67.9 Å². The molecular weight excluding hydrogens is 575 g/mol. The van der Waals surface area contributed by atoms with Crippen molar-refractivity contribution >= 4 is 46.0 Å². The summed E-state index contributed by atoms with van der Waals surface area (Å²) in [5.74, 6) is 0.452. The van der Waals surface area contributed by atoms with Crippen molar-refractivity contribution in [1.82, 2.24) is 10.2 Å². The fourth-order valence-electron chi connectivity index (χ4n) is 3.52. The second-order valence-corrected chi connectivity index (χ2v) is 10.4. The molecular formula is C28H30ClIN2O3. The molecule has 184 valence electrons. The van der Waals surface area contributed by atoms with Crippen molar-refractivity contribution in [2.24, 2.45) is 5.92 Å². The molecule has 1 atom stereocenters. The van der Waals surface area contributed by atoms with Crippen molar-refractivity contribution in [2.45, 2.75) is 32.9 Å². The summed E-state index contributed by atoms with van der Waals surface area (Å²) in [4.78, 5) is 28.5. The van der Waals surface area contributed by atoms with Crippen molar-refractivity contribution in [2.75, 3.05) is 13.2 Å². The van der Waals surface area contributed by atoms with Crippen LogP contribution in [0.2, 0.25) is 5.02 Å². The lowest BCUT2D eigenvalue weighted by atomic mass is 10.0. The lowest BCUT2D eigenvalue weighted by Gasteiger charge is -2.31. The molecule has 2 amide bonds. The van der Waals surface area contributed by atoms with Gasteiger partial charge in [0.05, 0.1) is 0 Å². The maximum Gasteiger partial charge on any atom is 0.261 e. The van der Waals surface area contributed by atoms with E-state index in [1.165, 1.54) is 0 Å². The van der Waals surface area contributed by atoms with E-state index >= 15 is 0 Å². The Balaban J connectivity index is 1.88. The molecule has 0 aromatic heterocycles. The van der Waals surface area contributed by atoms with Gasteiger partial charge in [-0.05, 0) is 76.0 Å². The summed E-state index contributed by atoms with van der Waals surface area (Å²) in [5, 5.41) is 3.63. The highest BCUT2D eigenvalue weighted by Crippen LogP contribution is 2.18. The highest BCUT2D eigenvalue weighted by atomic mass is 127. The van der Waals surface area contributed by atoms with Gasteiger partial charge in [0, 0.05) is 28.1 Å². The van der Waals surface area contributed by atoms with Gasteiger partial charge in [0.25, 0.3) is 5.91 Å². The predicted octanol–water partition coefficient (Wildman–Crippen LogP) is 5.74.